The van der Waals surface area contributed by atoms with Crippen LogP contribution in [0.4, 0.5) is 0 Å². The van der Waals surface area contributed by atoms with E-state index in [9.17, 15) is 0 Å². The standard InChI is InChI=1S/C13H18N4/c1-15-17-6-4-2-3-5-13(17)12-7-11(8-14)9-16-10-12/h7,9-10,13,15H,2-6H2,1H3/t13-/m0/s1. The van der Waals surface area contributed by atoms with Crippen molar-refractivity contribution in [2.24, 2.45) is 0 Å². The van der Waals surface area contributed by atoms with Gasteiger partial charge in [0, 0.05) is 18.9 Å². The second kappa shape index (κ2) is 5.76. The van der Waals surface area contributed by atoms with Crippen molar-refractivity contribution in [3.05, 3.63) is 29.6 Å². The highest BCUT2D eigenvalue weighted by atomic mass is 15.5. The van der Waals surface area contributed by atoms with Gasteiger partial charge in [-0.15, -0.1) is 0 Å². The summed E-state index contributed by atoms with van der Waals surface area (Å²) < 4.78 is 0. The summed E-state index contributed by atoms with van der Waals surface area (Å²) in [5, 5.41) is 11.2. The summed E-state index contributed by atoms with van der Waals surface area (Å²) in [6.07, 6.45) is 8.35. The van der Waals surface area contributed by atoms with Gasteiger partial charge >= 0.3 is 0 Å². The highest BCUT2D eigenvalue weighted by molar-refractivity contribution is 5.30. The molecule has 2 heterocycles. The lowest BCUT2D eigenvalue weighted by Gasteiger charge is -2.29. The van der Waals surface area contributed by atoms with Crippen molar-refractivity contribution < 1.29 is 0 Å². The molecular weight excluding hydrogens is 212 g/mol. The van der Waals surface area contributed by atoms with Crippen LogP contribution in [-0.2, 0) is 0 Å². The van der Waals surface area contributed by atoms with Crippen molar-refractivity contribution in [1.29, 1.82) is 5.26 Å². The largest absolute Gasteiger partial charge is 0.263 e. The Bertz CT molecular complexity index is 410. The van der Waals surface area contributed by atoms with Crippen molar-refractivity contribution in [2.75, 3.05) is 13.6 Å². The van der Waals surface area contributed by atoms with Gasteiger partial charge in [-0.25, -0.2) is 5.01 Å². The number of hydrazine groups is 1. The van der Waals surface area contributed by atoms with Crippen LogP contribution in [0.3, 0.4) is 0 Å². The van der Waals surface area contributed by atoms with Crippen LogP contribution in [0.5, 0.6) is 0 Å². The average molecular weight is 230 g/mol. The number of nitrogens with zero attached hydrogens (tertiary/aromatic N) is 3. The van der Waals surface area contributed by atoms with E-state index in [2.05, 4.69) is 21.5 Å². The minimum atomic E-state index is 0.336. The van der Waals surface area contributed by atoms with Crippen LogP contribution in [0.25, 0.3) is 0 Å². The van der Waals surface area contributed by atoms with Crippen molar-refractivity contribution >= 4 is 0 Å². The Morgan fingerprint density at radius 3 is 3.06 bits per heavy atom. The maximum atomic E-state index is 8.92. The van der Waals surface area contributed by atoms with E-state index in [4.69, 9.17) is 5.26 Å². The molecule has 1 N–H and O–H groups in total. The van der Waals surface area contributed by atoms with Crippen LogP contribution in [0.1, 0.15) is 42.9 Å². The van der Waals surface area contributed by atoms with Gasteiger partial charge in [-0.1, -0.05) is 12.8 Å². The molecular formula is C13H18N4. The van der Waals surface area contributed by atoms with Crippen LogP contribution >= 0.6 is 0 Å². The van der Waals surface area contributed by atoms with Gasteiger partial charge in [-0.2, -0.15) is 5.26 Å². The summed E-state index contributed by atoms with van der Waals surface area (Å²) in [4.78, 5) is 4.15. The van der Waals surface area contributed by atoms with Crippen molar-refractivity contribution in [3.63, 3.8) is 0 Å². The number of nitrogens with one attached hydrogen (secondary N) is 1. The average Bonchev–Trinajstić information content (AvgIpc) is 2.63. The maximum absolute atomic E-state index is 8.92. The first-order chi connectivity index (χ1) is 8.35. The Balaban J connectivity index is 2.25. The maximum Gasteiger partial charge on any atom is 0.101 e. The first-order valence-corrected chi connectivity index (χ1v) is 6.14. The molecule has 1 aromatic rings. The lowest BCUT2D eigenvalue weighted by Crippen LogP contribution is -2.38. The van der Waals surface area contributed by atoms with E-state index in [1.54, 1.807) is 6.20 Å². The predicted molar refractivity (Wildman–Crippen MR) is 65.9 cm³/mol. The molecule has 0 unspecified atom stereocenters. The number of hydrogen-bond acceptors (Lipinski definition) is 4. The van der Waals surface area contributed by atoms with Gasteiger partial charge in [0.05, 0.1) is 11.6 Å². The van der Waals surface area contributed by atoms with Gasteiger partial charge in [0.25, 0.3) is 0 Å². The Hall–Kier alpha value is -1.44. The van der Waals surface area contributed by atoms with Gasteiger partial charge < -0.3 is 0 Å². The quantitative estimate of drug-likeness (QED) is 0.844. The highest BCUT2D eigenvalue weighted by Crippen LogP contribution is 2.28. The topological polar surface area (TPSA) is 52.0 Å². The second-order valence-corrected chi connectivity index (χ2v) is 4.40. The Morgan fingerprint density at radius 2 is 2.29 bits per heavy atom. The SMILES string of the molecule is CNN1CCCCC[C@H]1c1cncc(C#N)c1. The minimum absolute atomic E-state index is 0.336. The van der Waals surface area contributed by atoms with Gasteiger partial charge in [0.1, 0.15) is 6.07 Å². The van der Waals surface area contributed by atoms with E-state index in [0.29, 0.717) is 11.6 Å². The predicted octanol–water partition coefficient (Wildman–Crippen LogP) is 2.00. The first-order valence-electron chi connectivity index (χ1n) is 6.14. The molecule has 1 saturated heterocycles. The molecule has 0 radical (unpaired) electrons. The third kappa shape index (κ3) is 2.82. The normalized spacial score (nSPS) is 21.8. The van der Waals surface area contributed by atoms with Crippen LogP contribution < -0.4 is 5.43 Å². The fourth-order valence-electron chi connectivity index (χ4n) is 2.42. The van der Waals surface area contributed by atoms with E-state index in [1.807, 2.05) is 19.3 Å². The first kappa shape index (κ1) is 12.0. The zero-order chi connectivity index (χ0) is 12.1. The number of aromatic nitrogens is 1. The number of pyridine rings is 1. The number of rotatable bonds is 2. The summed E-state index contributed by atoms with van der Waals surface area (Å²) in [5.41, 5.74) is 5.03. The molecule has 2 rings (SSSR count). The molecule has 0 spiro atoms. The van der Waals surface area contributed by atoms with Crippen LogP contribution in [0.15, 0.2) is 18.5 Å². The van der Waals surface area contributed by atoms with E-state index in [0.717, 1.165) is 18.5 Å². The summed E-state index contributed by atoms with van der Waals surface area (Å²) in [5.74, 6) is 0. The molecule has 1 aromatic heterocycles. The minimum Gasteiger partial charge on any atom is -0.263 e. The number of hydrogen-bond donors (Lipinski definition) is 1. The van der Waals surface area contributed by atoms with Gasteiger partial charge in [-0.3, -0.25) is 10.4 Å². The van der Waals surface area contributed by atoms with E-state index >= 15 is 0 Å². The van der Waals surface area contributed by atoms with Gasteiger partial charge in [0.2, 0.25) is 0 Å². The molecule has 4 nitrogen and oxygen atoms in total. The molecule has 17 heavy (non-hydrogen) atoms. The molecule has 1 atom stereocenters. The fraction of sp³-hybridized carbons (Fsp3) is 0.538. The van der Waals surface area contributed by atoms with Crippen molar-refractivity contribution in [2.45, 2.75) is 31.7 Å². The van der Waals surface area contributed by atoms with Crippen LogP contribution in [0.2, 0.25) is 0 Å². The highest BCUT2D eigenvalue weighted by Gasteiger charge is 2.21. The van der Waals surface area contributed by atoms with E-state index < -0.39 is 0 Å². The lowest BCUT2D eigenvalue weighted by atomic mass is 10.0. The molecule has 0 bridgehead atoms. The summed E-state index contributed by atoms with van der Waals surface area (Å²) in [6, 6.07) is 4.44. The second-order valence-electron chi connectivity index (χ2n) is 4.40. The fourth-order valence-corrected chi connectivity index (χ4v) is 2.42. The smallest absolute Gasteiger partial charge is 0.101 e. The molecule has 1 aliphatic rings. The van der Waals surface area contributed by atoms with Gasteiger partial charge in [0.15, 0.2) is 0 Å². The zero-order valence-corrected chi connectivity index (χ0v) is 10.2. The monoisotopic (exact) mass is 230 g/mol. The number of nitriles is 1. The Labute approximate surface area is 102 Å². The molecule has 0 aromatic carbocycles. The summed E-state index contributed by atoms with van der Waals surface area (Å²) in [6.45, 7) is 1.05. The molecule has 0 amide bonds. The molecule has 0 aliphatic carbocycles. The van der Waals surface area contributed by atoms with Crippen LogP contribution in [0, 0.1) is 11.3 Å². The molecule has 90 valence electrons. The molecule has 4 heteroatoms. The van der Waals surface area contributed by atoms with Crippen LogP contribution in [-0.4, -0.2) is 23.6 Å². The van der Waals surface area contributed by atoms with Crippen molar-refractivity contribution in [3.8, 4) is 6.07 Å². The third-order valence-electron chi connectivity index (χ3n) is 3.31. The molecule has 1 aliphatic heterocycles. The van der Waals surface area contributed by atoms with E-state index in [1.165, 1.54) is 19.3 Å². The van der Waals surface area contributed by atoms with Crippen molar-refractivity contribution in [1.82, 2.24) is 15.4 Å². The Kier molecular flexibility index (Phi) is 4.08. The summed E-state index contributed by atoms with van der Waals surface area (Å²) in [7, 11) is 1.96. The lowest BCUT2D eigenvalue weighted by molar-refractivity contribution is 0.142. The molecule has 1 fully saturated rings. The molecule has 0 saturated carbocycles. The third-order valence-corrected chi connectivity index (χ3v) is 3.31. The Morgan fingerprint density at radius 1 is 1.41 bits per heavy atom. The summed E-state index contributed by atoms with van der Waals surface area (Å²) >= 11 is 0. The zero-order valence-electron chi connectivity index (χ0n) is 10.2. The van der Waals surface area contributed by atoms with Gasteiger partial charge in [-0.05, 0) is 31.5 Å². The van der Waals surface area contributed by atoms with E-state index in [-0.39, 0.29) is 0 Å².